The molecule has 0 saturated heterocycles. The first-order valence-electron chi connectivity index (χ1n) is 7.69. The Hall–Kier alpha value is -0.570. The molecule has 3 heteroatoms. The van der Waals surface area contributed by atoms with Gasteiger partial charge < -0.3 is 11.1 Å². The molecule has 0 heterocycles. The van der Waals surface area contributed by atoms with Gasteiger partial charge in [0, 0.05) is 13.0 Å². The third kappa shape index (κ3) is 2.71. The molecule has 18 heavy (non-hydrogen) atoms. The van der Waals surface area contributed by atoms with Crippen LogP contribution in [0.2, 0.25) is 0 Å². The number of nitrogens with one attached hydrogen (secondary N) is 1. The lowest BCUT2D eigenvalue weighted by Gasteiger charge is -2.40. The number of rotatable bonds is 7. The van der Waals surface area contributed by atoms with Crippen LogP contribution in [-0.4, -0.2) is 19.0 Å². The molecular weight excluding hydrogens is 224 g/mol. The van der Waals surface area contributed by atoms with Crippen LogP contribution in [0.1, 0.15) is 51.4 Å². The Morgan fingerprint density at radius 1 is 1.22 bits per heavy atom. The minimum Gasteiger partial charge on any atom is -0.356 e. The molecule has 0 atom stereocenters. The van der Waals surface area contributed by atoms with Crippen molar-refractivity contribution < 1.29 is 4.79 Å². The van der Waals surface area contributed by atoms with Crippen LogP contribution in [0.4, 0.5) is 0 Å². The van der Waals surface area contributed by atoms with E-state index in [0.29, 0.717) is 13.0 Å². The summed E-state index contributed by atoms with van der Waals surface area (Å²) in [5.74, 6) is 2.87. The predicted octanol–water partition coefficient (Wildman–Crippen LogP) is 2.06. The minimum absolute atomic E-state index is 0.152. The number of carbonyl (C=O) groups excluding carboxylic acids is 1. The van der Waals surface area contributed by atoms with Crippen molar-refractivity contribution in [3.05, 3.63) is 0 Å². The summed E-state index contributed by atoms with van der Waals surface area (Å²) in [6, 6.07) is 0. The molecule has 3 fully saturated rings. The summed E-state index contributed by atoms with van der Waals surface area (Å²) in [6.45, 7) is 1.60. The molecule has 0 unspecified atom stereocenters. The SMILES string of the molecule is NCC1(CC(=O)NCC(C2CC2)C2CC2)CCC1. The van der Waals surface area contributed by atoms with Crippen molar-refractivity contribution in [2.45, 2.75) is 51.4 Å². The Bertz CT molecular complexity index is 299. The summed E-state index contributed by atoms with van der Waals surface area (Å²) in [4.78, 5) is 12.0. The van der Waals surface area contributed by atoms with Gasteiger partial charge in [-0.25, -0.2) is 0 Å². The largest absolute Gasteiger partial charge is 0.356 e. The fraction of sp³-hybridized carbons (Fsp3) is 0.933. The maximum Gasteiger partial charge on any atom is 0.220 e. The van der Waals surface area contributed by atoms with E-state index in [0.717, 1.165) is 37.1 Å². The van der Waals surface area contributed by atoms with Crippen LogP contribution < -0.4 is 11.1 Å². The topological polar surface area (TPSA) is 55.1 Å². The normalized spacial score (nSPS) is 25.9. The molecule has 0 aromatic carbocycles. The van der Waals surface area contributed by atoms with Crippen LogP contribution in [0, 0.1) is 23.2 Å². The Morgan fingerprint density at radius 3 is 2.22 bits per heavy atom. The van der Waals surface area contributed by atoms with E-state index in [2.05, 4.69) is 5.32 Å². The van der Waals surface area contributed by atoms with Gasteiger partial charge in [-0.2, -0.15) is 0 Å². The smallest absolute Gasteiger partial charge is 0.220 e. The summed E-state index contributed by atoms with van der Waals surface area (Å²) in [5.41, 5.74) is 5.96. The van der Waals surface area contributed by atoms with Crippen LogP contribution in [0.25, 0.3) is 0 Å². The fourth-order valence-corrected chi connectivity index (χ4v) is 3.53. The van der Waals surface area contributed by atoms with E-state index in [1.54, 1.807) is 0 Å². The Balaban J connectivity index is 1.43. The van der Waals surface area contributed by atoms with E-state index < -0.39 is 0 Å². The molecule has 3 aliphatic carbocycles. The zero-order valence-electron chi connectivity index (χ0n) is 11.3. The molecule has 0 bridgehead atoms. The third-order valence-corrected chi connectivity index (χ3v) is 5.37. The van der Waals surface area contributed by atoms with Crippen molar-refractivity contribution in [1.82, 2.24) is 5.32 Å². The molecule has 3 rings (SSSR count). The number of amides is 1. The molecule has 0 spiro atoms. The van der Waals surface area contributed by atoms with Crippen LogP contribution in [0.15, 0.2) is 0 Å². The molecule has 0 aromatic heterocycles. The van der Waals surface area contributed by atoms with Gasteiger partial charge in [0.25, 0.3) is 0 Å². The van der Waals surface area contributed by atoms with Crippen molar-refractivity contribution in [3.8, 4) is 0 Å². The lowest BCUT2D eigenvalue weighted by Crippen LogP contribution is -2.43. The highest BCUT2D eigenvalue weighted by Gasteiger charge is 2.42. The van der Waals surface area contributed by atoms with Gasteiger partial charge in [-0.1, -0.05) is 6.42 Å². The van der Waals surface area contributed by atoms with Gasteiger partial charge in [-0.05, 0) is 68.2 Å². The van der Waals surface area contributed by atoms with Crippen molar-refractivity contribution in [2.75, 3.05) is 13.1 Å². The lowest BCUT2D eigenvalue weighted by atomic mass is 9.66. The quantitative estimate of drug-likeness (QED) is 0.726. The van der Waals surface area contributed by atoms with E-state index in [4.69, 9.17) is 5.73 Å². The average molecular weight is 250 g/mol. The molecule has 3 aliphatic rings. The van der Waals surface area contributed by atoms with E-state index in [-0.39, 0.29) is 11.3 Å². The predicted molar refractivity (Wildman–Crippen MR) is 71.9 cm³/mol. The summed E-state index contributed by atoms with van der Waals surface area (Å²) >= 11 is 0. The number of nitrogens with two attached hydrogens (primary N) is 1. The van der Waals surface area contributed by atoms with Gasteiger partial charge in [-0.15, -0.1) is 0 Å². The summed E-state index contributed by atoms with van der Waals surface area (Å²) in [6.07, 6.45) is 9.76. The Kier molecular flexibility index (Phi) is 3.35. The van der Waals surface area contributed by atoms with Gasteiger partial charge in [0.05, 0.1) is 0 Å². The van der Waals surface area contributed by atoms with Gasteiger partial charge in [-0.3, -0.25) is 4.79 Å². The monoisotopic (exact) mass is 250 g/mol. The first-order valence-corrected chi connectivity index (χ1v) is 7.69. The standard InChI is InChI=1S/C15H26N2O/c16-10-15(6-1-7-15)8-14(18)17-9-13(11-2-3-11)12-4-5-12/h11-13H,1-10,16H2,(H,17,18). The maximum atomic E-state index is 12.0. The van der Waals surface area contributed by atoms with E-state index in [1.165, 1.54) is 32.1 Å². The van der Waals surface area contributed by atoms with Gasteiger partial charge in [0.15, 0.2) is 0 Å². The minimum atomic E-state index is 0.152. The van der Waals surface area contributed by atoms with E-state index in [9.17, 15) is 4.79 Å². The highest BCUT2D eigenvalue weighted by atomic mass is 16.1. The molecule has 3 N–H and O–H groups in total. The van der Waals surface area contributed by atoms with Crippen LogP contribution in [-0.2, 0) is 4.79 Å². The fourth-order valence-electron chi connectivity index (χ4n) is 3.53. The first-order chi connectivity index (χ1) is 8.72. The molecule has 0 aromatic rings. The number of carbonyl (C=O) groups is 1. The third-order valence-electron chi connectivity index (χ3n) is 5.37. The van der Waals surface area contributed by atoms with E-state index >= 15 is 0 Å². The van der Waals surface area contributed by atoms with Crippen molar-refractivity contribution in [3.63, 3.8) is 0 Å². The number of hydrogen-bond acceptors (Lipinski definition) is 2. The molecule has 1 amide bonds. The molecule has 0 radical (unpaired) electrons. The van der Waals surface area contributed by atoms with Crippen LogP contribution >= 0.6 is 0 Å². The molecule has 3 saturated carbocycles. The van der Waals surface area contributed by atoms with Gasteiger partial charge in [0.2, 0.25) is 5.91 Å². The van der Waals surface area contributed by atoms with Crippen molar-refractivity contribution >= 4 is 5.91 Å². The van der Waals surface area contributed by atoms with Gasteiger partial charge in [0.1, 0.15) is 0 Å². The van der Waals surface area contributed by atoms with Crippen molar-refractivity contribution in [1.29, 1.82) is 0 Å². The first kappa shape index (κ1) is 12.5. The Morgan fingerprint density at radius 2 is 1.83 bits per heavy atom. The maximum absolute atomic E-state index is 12.0. The summed E-state index contributed by atoms with van der Waals surface area (Å²) in [7, 11) is 0. The van der Waals surface area contributed by atoms with Gasteiger partial charge >= 0.3 is 0 Å². The van der Waals surface area contributed by atoms with Crippen LogP contribution in [0.5, 0.6) is 0 Å². The Labute approximate surface area is 110 Å². The zero-order chi connectivity index (χ0) is 12.6. The second kappa shape index (κ2) is 4.84. The number of hydrogen-bond donors (Lipinski definition) is 2. The van der Waals surface area contributed by atoms with E-state index in [1.807, 2.05) is 0 Å². The highest BCUT2D eigenvalue weighted by Crippen LogP contribution is 2.49. The lowest BCUT2D eigenvalue weighted by molar-refractivity contribution is -0.125. The molecule has 102 valence electrons. The summed E-state index contributed by atoms with van der Waals surface area (Å²) < 4.78 is 0. The zero-order valence-corrected chi connectivity index (χ0v) is 11.3. The van der Waals surface area contributed by atoms with Crippen LogP contribution in [0.3, 0.4) is 0 Å². The van der Waals surface area contributed by atoms with Crippen molar-refractivity contribution in [2.24, 2.45) is 28.9 Å². The second-order valence-corrected chi connectivity index (χ2v) is 6.88. The second-order valence-electron chi connectivity index (χ2n) is 6.88. The average Bonchev–Trinajstić information content (AvgIpc) is 3.14. The molecular formula is C15H26N2O. The summed E-state index contributed by atoms with van der Waals surface area (Å²) in [5, 5.41) is 3.19. The molecule has 3 nitrogen and oxygen atoms in total. The highest BCUT2D eigenvalue weighted by molar-refractivity contribution is 5.76. The molecule has 0 aliphatic heterocycles.